The molecule has 1 fully saturated rings. The summed E-state index contributed by atoms with van der Waals surface area (Å²) in [6.45, 7) is 0.581. The van der Waals surface area contributed by atoms with E-state index in [0.29, 0.717) is 6.42 Å². The third-order valence-corrected chi connectivity index (χ3v) is 5.60. The second-order valence-corrected chi connectivity index (χ2v) is 7.95. The highest BCUT2D eigenvalue weighted by atomic mass is 16.6. The summed E-state index contributed by atoms with van der Waals surface area (Å²) < 4.78 is 15.6. The first kappa shape index (κ1) is 24.2. The molecule has 1 aromatic carbocycles. The van der Waals surface area contributed by atoms with E-state index in [4.69, 9.17) is 9.47 Å². The topological polar surface area (TPSA) is 82.1 Å². The number of carbonyl (C=O) groups is 2. The minimum Gasteiger partial charge on any atom is -0.494 e. The van der Waals surface area contributed by atoms with Gasteiger partial charge in [-0.05, 0) is 43.4 Å². The van der Waals surface area contributed by atoms with Crippen molar-refractivity contribution in [1.29, 1.82) is 0 Å². The van der Waals surface area contributed by atoms with Crippen molar-refractivity contribution in [3.8, 4) is 5.75 Å². The SMILES string of the molecule is COC(=O)CCCCCCCCCCOc1cccc(CC[C@@H]2OC(=O)[C@H]2CO)c1. The summed E-state index contributed by atoms with van der Waals surface area (Å²) in [6.07, 6.45) is 11.0. The van der Waals surface area contributed by atoms with Gasteiger partial charge in [0, 0.05) is 6.42 Å². The maximum atomic E-state index is 11.2. The van der Waals surface area contributed by atoms with Crippen LogP contribution < -0.4 is 4.74 Å². The van der Waals surface area contributed by atoms with Crippen molar-refractivity contribution < 1.29 is 28.9 Å². The number of unbranched alkanes of at least 4 members (excludes halogenated alkanes) is 7. The van der Waals surface area contributed by atoms with E-state index >= 15 is 0 Å². The monoisotopic (exact) mass is 420 g/mol. The largest absolute Gasteiger partial charge is 0.494 e. The Morgan fingerprint density at radius 3 is 2.43 bits per heavy atom. The Hall–Kier alpha value is -2.08. The molecule has 30 heavy (non-hydrogen) atoms. The van der Waals surface area contributed by atoms with Gasteiger partial charge in [0.05, 0.1) is 20.3 Å². The maximum absolute atomic E-state index is 11.2. The lowest BCUT2D eigenvalue weighted by atomic mass is 9.92. The van der Waals surface area contributed by atoms with E-state index in [9.17, 15) is 14.7 Å². The lowest BCUT2D eigenvalue weighted by molar-refractivity contribution is -0.188. The fraction of sp³-hybridized carbons (Fsp3) is 0.667. The number of ether oxygens (including phenoxy) is 3. The van der Waals surface area contributed by atoms with Crippen molar-refractivity contribution in [2.75, 3.05) is 20.3 Å². The van der Waals surface area contributed by atoms with E-state index in [0.717, 1.165) is 56.4 Å². The standard InChI is InChI=1S/C24H36O6/c1-28-23(26)13-8-6-4-2-3-5-7-9-16-29-20-12-10-11-19(17-20)14-15-22-21(18-25)24(27)30-22/h10-12,17,21-22,25H,2-9,13-16,18H2,1H3/t21-,22-/m0/s1. The minimum absolute atomic E-state index is 0.111. The Labute approximate surface area is 179 Å². The molecule has 2 rings (SSSR count). The Balaban J connectivity index is 1.48. The van der Waals surface area contributed by atoms with E-state index in [1.807, 2.05) is 24.3 Å². The molecular formula is C24H36O6. The van der Waals surface area contributed by atoms with Gasteiger partial charge in [0.15, 0.2) is 0 Å². The zero-order valence-electron chi connectivity index (χ0n) is 18.1. The molecule has 0 amide bonds. The average molecular weight is 421 g/mol. The van der Waals surface area contributed by atoms with Gasteiger partial charge in [-0.2, -0.15) is 0 Å². The van der Waals surface area contributed by atoms with E-state index in [1.165, 1.54) is 32.8 Å². The van der Waals surface area contributed by atoms with Crippen molar-refractivity contribution in [1.82, 2.24) is 0 Å². The number of benzene rings is 1. The number of aliphatic hydroxyl groups is 1. The number of aliphatic hydroxyl groups excluding tert-OH is 1. The third kappa shape index (κ3) is 8.74. The smallest absolute Gasteiger partial charge is 0.315 e. The van der Waals surface area contributed by atoms with Crippen LogP contribution in [0.5, 0.6) is 5.75 Å². The Morgan fingerprint density at radius 2 is 1.77 bits per heavy atom. The van der Waals surface area contributed by atoms with Gasteiger partial charge in [-0.1, -0.05) is 50.7 Å². The van der Waals surface area contributed by atoms with Crippen molar-refractivity contribution in [3.05, 3.63) is 29.8 Å². The van der Waals surface area contributed by atoms with Gasteiger partial charge in [-0.15, -0.1) is 0 Å². The normalized spacial score (nSPS) is 17.9. The second kappa shape index (κ2) is 14.0. The van der Waals surface area contributed by atoms with Crippen LogP contribution in [-0.4, -0.2) is 43.5 Å². The van der Waals surface area contributed by atoms with E-state index in [2.05, 4.69) is 4.74 Å². The molecule has 1 aromatic rings. The lowest BCUT2D eigenvalue weighted by Crippen LogP contribution is -2.47. The molecule has 0 radical (unpaired) electrons. The average Bonchev–Trinajstić information content (AvgIpc) is 2.75. The molecule has 1 aliphatic rings. The van der Waals surface area contributed by atoms with Gasteiger partial charge in [0.2, 0.25) is 0 Å². The van der Waals surface area contributed by atoms with Crippen LogP contribution in [0, 0.1) is 5.92 Å². The molecule has 0 saturated carbocycles. The molecule has 0 aromatic heterocycles. The minimum atomic E-state index is -0.357. The fourth-order valence-corrected chi connectivity index (χ4v) is 3.67. The summed E-state index contributed by atoms with van der Waals surface area (Å²) in [6, 6.07) is 8.05. The molecule has 0 bridgehead atoms. The predicted octanol–water partition coefficient (Wildman–Crippen LogP) is 4.22. The number of hydrogen-bond acceptors (Lipinski definition) is 6. The first-order valence-corrected chi connectivity index (χ1v) is 11.2. The van der Waals surface area contributed by atoms with Crippen molar-refractivity contribution in [2.45, 2.75) is 76.7 Å². The van der Waals surface area contributed by atoms with Gasteiger partial charge in [-0.25, -0.2) is 0 Å². The first-order valence-electron chi connectivity index (χ1n) is 11.2. The van der Waals surface area contributed by atoms with Crippen molar-refractivity contribution in [2.24, 2.45) is 5.92 Å². The highest BCUT2D eigenvalue weighted by molar-refractivity contribution is 5.78. The molecule has 0 spiro atoms. The van der Waals surface area contributed by atoms with Crippen LogP contribution >= 0.6 is 0 Å². The van der Waals surface area contributed by atoms with Crippen LogP contribution in [0.25, 0.3) is 0 Å². The zero-order valence-corrected chi connectivity index (χ0v) is 18.1. The summed E-state index contributed by atoms with van der Waals surface area (Å²) in [5.41, 5.74) is 1.15. The number of cyclic esters (lactones) is 1. The second-order valence-electron chi connectivity index (χ2n) is 7.95. The van der Waals surface area contributed by atoms with Gasteiger partial charge >= 0.3 is 11.9 Å². The molecule has 1 aliphatic heterocycles. The van der Waals surface area contributed by atoms with Gasteiger partial charge in [-0.3, -0.25) is 9.59 Å². The molecular weight excluding hydrogens is 384 g/mol. The number of methoxy groups -OCH3 is 1. The number of carbonyl (C=O) groups excluding carboxylic acids is 2. The van der Waals surface area contributed by atoms with Crippen molar-refractivity contribution >= 4 is 11.9 Å². The number of esters is 2. The predicted molar refractivity (Wildman–Crippen MR) is 114 cm³/mol. The fourth-order valence-electron chi connectivity index (χ4n) is 3.67. The van der Waals surface area contributed by atoms with E-state index in [-0.39, 0.29) is 30.6 Å². The van der Waals surface area contributed by atoms with Crippen LogP contribution in [0.4, 0.5) is 0 Å². The molecule has 2 atom stereocenters. The van der Waals surface area contributed by atoms with Crippen molar-refractivity contribution in [3.63, 3.8) is 0 Å². The molecule has 6 nitrogen and oxygen atoms in total. The first-order chi connectivity index (χ1) is 14.6. The summed E-state index contributed by atoms with van der Waals surface area (Å²) in [5.74, 6) is 0.115. The Morgan fingerprint density at radius 1 is 1.07 bits per heavy atom. The van der Waals surface area contributed by atoms with Crippen LogP contribution in [0.15, 0.2) is 24.3 Å². The van der Waals surface area contributed by atoms with E-state index < -0.39 is 0 Å². The summed E-state index contributed by atoms with van der Waals surface area (Å²) >= 11 is 0. The molecule has 1 N–H and O–H groups in total. The van der Waals surface area contributed by atoms with Gasteiger partial charge < -0.3 is 19.3 Å². The zero-order chi connectivity index (χ0) is 21.6. The lowest BCUT2D eigenvalue weighted by Gasteiger charge is -2.33. The quantitative estimate of drug-likeness (QED) is 0.319. The van der Waals surface area contributed by atoms with Gasteiger partial charge in [0.1, 0.15) is 17.8 Å². The third-order valence-electron chi connectivity index (χ3n) is 5.60. The van der Waals surface area contributed by atoms with E-state index in [1.54, 1.807) is 0 Å². The van der Waals surface area contributed by atoms with Crippen LogP contribution in [0.1, 0.15) is 69.8 Å². The van der Waals surface area contributed by atoms with Crippen LogP contribution in [0.3, 0.4) is 0 Å². The molecule has 1 heterocycles. The molecule has 6 heteroatoms. The number of hydrogen-bond donors (Lipinski definition) is 1. The number of aryl methyl sites for hydroxylation is 1. The Bertz CT molecular complexity index is 644. The molecule has 168 valence electrons. The van der Waals surface area contributed by atoms with Crippen LogP contribution in [0.2, 0.25) is 0 Å². The summed E-state index contributed by atoms with van der Waals surface area (Å²) in [4.78, 5) is 22.2. The van der Waals surface area contributed by atoms with Gasteiger partial charge in [0.25, 0.3) is 0 Å². The number of rotatable bonds is 16. The highest BCUT2D eigenvalue weighted by Gasteiger charge is 2.41. The Kier molecular flexibility index (Phi) is 11.3. The summed E-state index contributed by atoms with van der Waals surface area (Å²) in [5, 5.41) is 9.18. The molecule has 0 aliphatic carbocycles. The van der Waals surface area contributed by atoms with Crippen LogP contribution in [-0.2, 0) is 25.5 Å². The highest BCUT2D eigenvalue weighted by Crippen LogP contribution is 2.26. The summed E-state index contributed by atoms with van der Waals surface area (Å²) in [7, 11) is 1.44. The maximum Gasteiger partial charge on any atom is 0.315 e. The molecule has 1 saturated heterocycles. The molecule has 0 unspecified atom stereocenters.